The minimum atomic E-state index is 0. The van der Waals surface area contributed by atoms with Crippen LogP contribution in [0, 0.1) is 21.8 Å². The van der Waals surface area contributed by atoms with Gasteiger partial charge in [-0.1, -0.05) is 38.3 Å². The molecule has 2 aromatic carbocycles. The molecule has 0 nitrogen and oxygen atoms in total. The van der Waals surface area contributed by atoms with Crippen LogP contribution in [0.25, 0.3) is 10.8 Å². The molecule has 0 aromatic heterocycles. The Kier molecular flexibility index (Phi) is 14.4. The van der Waals surface area contributed by atoms with E-state index in [9.17, 15) is 0 Å². The molecular weight excluding hydrogens is 240 g/mol. The predicted molar refractivity (Wildman–Crippen MR) is 77.5 cm³/mol. The molecule has 0 aliphatic heterocycles. The molecule has 0 radical (unpaired) electrons. The van der Waals surface area contributed by atoms with Crippen LogP contribution in [-0.2, 0) is 21.7 Å². The molecular formula is C16H21Ti+. The number of hydrogen-bond donors (Lipinski definition) is 0. The Balaban J connectivity index is -0.000000252. The van der Waals surface area contributed by atoms with Gasteiger partial charge in [0.1, 0.15) is 0 Å². The van der Waals surface area contributed by atoms with E-state index < -0.39 is 0 Å². The zero-order valence-electron chi connectivity index (χ0n) is 11.0. The maximum atomic E-state index is 3.36. The number of hydrogen-bond acceptors (Lipinski definition) is 0. The van der Waals surface area contributed by atoms with Crippen molar-refractivity contribution in [3.05, 3.63) is 82.1 Å². The standard InChI is InChI=1S/C10H9.C4H6.2CH3.Ti/c1-8-6-9-4-2-3-5-10(9)7-8;1-3-4-2;;;/h2-7H,1H3;3-4H,1-2H2;2*1H3;/q-1;;2*-1;+4. The monoisotopic (exact) mass is 261 g/mol. The van der Waals surface area contributed by atoms with Crippen LogP contribution < -0.4 is 0 Å². The van der Waals surface area contributed by atoms with Crippen molar-refractivity contribution in [1.29, 1.82) is 0 Å². The van der Waals surface area contributed by atoms with E-state index >= 15 is 0 Å². The van der Waals surface area contributed by atoms with Gasteiger partial charge < -0.3 is 14.9 Å². The summed E-state index contributed by atoms with van der Waals surface area (Å²) in [6.45, 7) is 8.85. The summed E-state index contributed by atoms with van der Waals surface area (Å²) in [5.41, 5.74) is 1.35. The zero-order chi connectivity index (χ0) is 10.4. The van der Waals surface area contributed by atoms with Crippen molar-refractivity contribution in [3.63, 3.8) is 0 Å². The van der Waals surface area contributed by atoms with Crippen LogP contribution in [0.5, 0.6) is 0 Å². The predicted octanol–water partition coefficient (Wildman–Crippen LogP) is 5.12. The second kappa shape index (κ2) is 11.5. The molecule has 1 heteroatoms. The number of rotatable bonds is 1. The summed E-state index contributed by atoms with van der Waals surface area (Å²) in [5.74, 6) is 0. The normalized spacial score (nSPS) is 7.35. The summed E-state index contributed by atoms with van der Waals surface area (Å²) >= 11 is 0. The minimum Gasteiger partial charge on any atom is -0.358 e. The van der Waals surface area contributed by atoms with Crippen molar-refractivity contribution < 1.29 is 21.7 Å². The fourth-order valence-corrected chi connectivity index (χ4v) is 1.31. The Labute approximate surface area is 121 Å². The van der Waals surface area contributed by atoms with Crippen molar-refractivity contribution in [3.8, 4) is 0 Å². The van der Waals surface area contributed by atoms with Crippen molar-refractivity contribution >= 4 is 10.8 Å². The van der Waals surface area contributed by atoms with Crippen LogP contribution >= 0.6 is 0 Å². The smallest absolute Gasteiger partial charge is 0.358 e. The first kappa shape index (κ1) is 21.3. The molecule has 17 heavy (non-hydrogen) atoms. The van der Waals surface area contributed by atoms with E-state index in [1.807, 2.05) is 0 Å². The van der Waals surface area contributed by atoms with E-state index in [0.29, 0.717) is 0 Å². The van der Waals surface area contributed by atoms with Crippen LogP contribution in [0.1, 0.15) is 5.56 Å². The molecule has 0 spiro atoms. The Morgan fingerprint density at radius 2 is 1.59 bits per heavy atom. The molecule has 0 saturated carbocycles. The Morgan fingerprint density at radius 3 is 2.06 bits per heavy atom. The van der Waals surface area contributed by atoms with Gasteiger partial charge in [-0.25, -0.2) is 0 Å². The molecule has 0 bridgehead atoms. The van der Waals surface area contributed by atoms with Gasteiger partial charge >= 0.3 is 21.7 Å². The first-order chi connectivity index (χ1) is 6.77. The average molecular weight is 261 g/mol. The van der Waals surface area contributed by atoms with E-state index in [-0.39, 0.29) is 36.6 Å². The minimum absolute atomic E-state index is 0. The SMILES string of the molecule is C=CC=C.Cc1cc2ccccc2[cH-]1.[CH3-].[CH3-].[Ti+4]. The number of benzene rings is 1. The van der Waals surface area contributed by atoms with Gasteiger partial charge in [0.2, 0.25) is 0 Å². The van der Waals surface area contributed by atoms with Gasteiger partial charge in [0.15, 0.2) is 0 Å². The summed E-state index contributed by atoms with van der Waals surface area (Å²) < 4.78 is 0. The van der Waals surface area contributed by atoms with E-state index in [1.165, 1.54) is 16.3 Å². The Hall–Kier alpha value is -0.976. The Bertz CT molecular complexity index is 385. The topological polar surface area (TPSA) is 0 Å². The zero-order valence-corrected chi connectivity index (χ0v) is 12.6. The van der Waals surface area contributed by atoms with E-state index in [2.05, 4.69) is 56.5 Å². The molecule has 0 heterocycles. The summed E-state index contributed by atoms with van der Waals surface area (Å²) in [4.78, 5) is 0. The molecule has 0 aliphatic rings. The number of fused-ring (bicyclic) bond motifs is 1. The molecule has 0 unspecified atom stereocenters. The maximum absolute atomic E-state index is 3.36. The van der Waals surface area contributed by atoms with Gasteiger partial charge in [0.05, 0.1) is 0 Å². The third-order valence-electron chi connectivity index (χ3n) is 1.93. The van der Waals surface area contributed by atoms with Crippen LogP contribution in [0.3, 0.4) is 0 Å². The summed E-state index contributed by atoms with van der Waals surface area (Å²) in [6.07, 6.45) is 3.28. The average Bonchev–Trinajstić information content (AvgIpc) is 2.58. The Morgan fingerprint density at radius 1 is 1.06 bits per heavy atom. The third-order valence-corrected chi connectivity index (χ3v) is 1.93. The van der Waals surface area contributed by atoms with Crippen LogP contribution in [-0.4, -0.2) is 0 Å². The molecule has 0 amide bonds. The fourth-order valence-electron chi connectivity index (χ4n) is 1.31. The second-order valence-electron chi connectivity index (χ2n) is 3.13. The fraction of sp³-hybridized carbons (Fsp3) is 0.0625. The maximum Gasteiger partial charge on any atom is 4.00 e. The molecule has 2 aromatic rings. The van der Waals surface area contributed by atoms with Gasteiger partial charge in [-0.05, 0) is 0 Å². The first-order valence-electron chi connectivity index (χ1n) is 4.63. The van der Waals surface area contributed by atoms with Gasteiger partial charge in [-0.15, -0.1) is 40.6 Å². The van der Waals surface area contributed by atoms with Gasteiger partial charge in [0.25, 0.3) is 0 Å². The molecule has 0 aliphatic carbocycles. The quantitative estimate of drug-likeness (QED) is 0.379. The third kappa shape index (κ3) is 7.04. The van der Waals surface area contributed by atoms with Crippen molar-refractivity contribution in [2.45, 2.75) is 6.92 Å². The summed E-state index contributed by atoms with van der Waals surface area (Å²) in [5, 5.41) is 2.69. The number of allylic oxidation sites excluding steroid dienone is 2. The number of aryl methyl sites for hydroxylation is 1. The van der Waals surface area contributed by atoms with Crippen LogP contribution in [0.4, 0.5) is 0 Å². The molecule has 0 saturated heterocycles. The van der Waals surface area contributed by atoms with Gasteiger partial charge in [-0.3, -0.25) is 0 Å². The van der Waals surface area contributed by atoms with Crippen LogP contribution in [0.15, 0.2) is 61.7 Å². The van der Waals surface area contributed by atoms with E-state index in [0.717, 1.165) is 0 Å². The summed E-state index contributed by atoms with van der Waals surface area (Å²) in [6, 6.07) is 12.8. The van der Waals surface area contributed by atoms with Crippen LogP contribution in [0.2, 0.25) is 0 Å². The first-order valence-corrected chi connectivity index (χ1v) is 4.63. The molecule has 0 fully saturated rings. The molecule has 88 valence electrons. The largest absolute Gasteiger partial charge is 4.00 e. The van der Waals surface area contributed by atoms with Gasteiger partial charge in [-0.2, -0.15) is 6.07 Å². The summed E-state index contributed by atoms with van der Waals surface area (Å²) in [7, 11) is 0. The molecule has 0 N–H and O–H groups in total. The molecule has 2 rings (SSSR count). The second-order valence-corrected chi connectivity index (χ2v) is 3.13. The van der Waals surface area contributed by atoms with E-state index in [4.69, 9.17) is 0 Å². The van der Waals surface area contributed by atoms with Crippen molar-refractivity contribution in [2.24, 2.45) is 0 Å². The molecule has 0 atom stereocenters. The van der Waals surface area contributed by atoms with E-state index in [1.54, 1.807) is 12.2 Å². The van der Waals surface area contributed by atoms with Crippen molar-refractivity contribution in [2.75, 3.05) is 0 Å². The van der Waals surface area contributed by atoms with Gasteiger partial charge in [0, 0.05) is 0 Å². The van der Waals surface area contributed by atoms with Crippen molar-refractivity contribution in [1.82, 2.24) is 0 Å².